The molecule has 0 spiro atoms. The van der Waals surface area contributed by atoms with Gasteiger partial charge in [0.15, 0.2) is 5.82 Å². The molecule has 8 nitrogen and oxygen atoms in total. The van der Waals surface area contributed by atoms with Crippen LogP contribution in [0.4, 0.5) is 19.1 Å². The molecule has 0 saturated heterocycles. The predicted molar refractivity (Wildman–Crippen MR) is 135 cm³/mol. The number of ether oxygens (including phenoxy) is 1. The van der Waals surface area contributed by atoms with Gasteiger partial charge in [-0.3, -0.25) is 10.1 Å². The standard InChI is InChI=1S/C25H20Cl2F3N5O3/c1-4-7-35-21(13-37-3)31-23(33-35)32-22(36)19-6-5-15(8-14(19)2)20-12-24(38-34-20,25(28,29)30)16-9-17(26)11-18(27)10-16/h1,5-6,8-11H,7,12-13H2,2-3H3,(H,32,33,36). The molecule has 4 rings (SSSR count). The summed E-state index contributed by atoms with van der Waals surface area (Å²) in [5, 5.41) is 10.6. The molecule has 0 radical (unpaired) electrons. The van der Waals surface area contributed by atoms with Gasteiger partial charge in [0.25, 0.3) is 11.5 Å². The zero-order valence-corrected chi connectivity index (χ0v) is 21.6. The van der Waals surface area contributed by atoms with Crippen molar-refractivity contribution in [1.82, 2.24) is 14.8 Å². The third-order valence-electron chi connectivity index (χ3n) is 5.81. The first-order chi connectivity index (χ1) is 18.0. The summed E-state index contributed by atoms with van der Waals surface area (Å²) in [6.45, 7) is 1.92. The molecular weight excluding hydrogens is 546 g/mol. The lowest BCUT2D eigenvalue weighted by atomic mass is 9.86. The van der Waals surface area contributed by atoms with Crippen LogP contribution in [0, 0.1) is 19.3 Å². The Bertz CT molecular complexity index is 1450. The maximum absolute atomic E-state index is 14.3. The van der Waals surface area contributed by atoms with Gasteiger partial charge in [-0.15, -0.1) is 11.5 Å². The second-order valence-corrected chi connectivity index (χ2v) is 9.29. The number of rotatable bonds is 7. The van der Waals surface area contributed by atoms with E-state index in [9.17, 15) is 18.0 Å². The third-order valence-corrected chi connectivity index (χ3v) is 6.24. The topological polar surface area (TPSA) is 90.6 Å². The SMILES string of the molecule is C#CCn1nc(NC(=O)c2ccc(C3=NOC(c4cc(Cl)cc(Cl)c4)(C(F)(F)F)C3)cc2C)nc1COC. The van der Waals surface area contributed by atoms with Gasteiger partial charge in [0.05, 0.1) is 5.71 Å². The second kappa shape index (κ2) is 10.6. The van der Waals surface area contributed by atoms with Crippen LogP contribution < -0.4 is 5.32 Å². The van der Waals surface area contributed by atoms with Crippen molar-refractivity contribution in [2.45, 2.75) is 38.3 Å². The van der Waals surface area contributed by atoms with Crippen LogP contribution in [0.2, 0.25) is 10.0 Å². The molecule has 1 unspecified atom stereocenters. The van der Waals surface area contributed by atoms with Gasteiger partial charge in [-0.25, -0.2) is 4.68 Å². The Morgan fingerprint density at radius 1 is 1.26 bits per heavy atom. The number of aryl methyl sites for hydroxylation is 1. The van der Waals surface area contributed by atoms with Crippen LogP contribution in [0.3, 0.4) is 0 Å². The minimum absolute atomic E-state index is 0.0319. The van der Waals surface area contributed by atoms with Crippen molar-refractivity contribution < 1.29 is 27.5 Å². The number of nitrogens with zero attached hydrogens (tertiary/aromatic N) is 4. The molecule has 1 aliphatic rings. The van der Waals surface area contributed by atoms with E-state index in [0.717, 1.165) is 12.1 Å². The third kappa shape index (κ3) is 5.34. The Kier molecular flexibility index (Phi) is 7.69. The van der Waals surface area contributed by atoms with Crippen molar-refractivity contribution in [3.8, 4) is 12.3 Å². The summed E-state index contributed by atoms with van der Waals surface area (Å²) < 4.78 is 49.3. The van der Waals surface area contributed by atoms with Crippen LogP contribution in [-0.4, -0.2) is 39.7 Å². The number of terminal acetylenes is 1. The van der Waals surface area contributed by atoms with E-state index >= 15 is 0 Å². The number of amides is 1. The van der Waals surface area contributed by atoms with Crippen molar-refractivity contribution in [3.63, 3.8) is 0 Å². The first-order valence-corrected chi connectivity index (χ1v) is 11.8. The Balaban J connectivity index is 1.57. The van der Waals surface area contributed by atoms with Crippen LogP contribution >= 0.6 is 23.2 Å². The van der Waals surface area contributed by atoms with Gasteiger partial charge in [0.1, 0.15) is 13.2 Å². The number of methoxy groups -OCH3 is 1. The molecule has 0 saturated carbocycles. The number of hydrogen-bond donors (Lipinski definition) is 1. The van der Waals surface area contributed by atoms with E-state index in [0.29, 0.717) is 17.0 Å². The Labute approximate surface area is 225 Å². The predicted octanol–water partition coefficient (Wildman–Crippen LogP) is 5.51. The van der Waals surface area contributed by atoms with E-state index in [1.165, 1.54) is 30.0 Å². The van der Waals surface area contributed by atoms with Gasteiger partial charge < -0.3 is 9.57 Å². The lowest BCUT2D eigenvalue weighted by Crippen LogP contribution is -2.42. The quantitative estimate of drug-likeness (QED) is 0.381. The number of carbonyl (C=O) groups is 1. The summed E-state index contributed by atoms with van der Waals surface area (Å²) >= 11 is 11.9. The molecular formula is C25H20Cl2F3N5O3. The molecule has 1 N–H and O–H groups in total. The van der Waals surface area contributed by atoms with E-state index < -0.39 is 24.1 Å². The van der Waals surface area contributed by atoms with E-state index in [-0.39, 0.29) is 46.0 Å². The summed E-state index contributed by atoms with van der Waals surface area (Å²) in [4.78, 5) is 22.1. The van der Waals surface area contributed by atoms with Crippen LogP contribution in [0.15, 0.2) is 41.6 Å². The molecule has 3 aromatic rings. The zero-order chi connectivity index (χ0) is 27.7. The lowest BCUT2D eigenvalue weighted by molar-refractivity contribution is -0.275. The second-order valence-electron chi connectivity index (χ2n) is 8.42. The number of nitrogens with one attached hydrogen (secondary N) is 1. The molecule has 1 aliphatic heterocycles. The maximum atomic E-state index is 14.3. The summed E-state index contributed by atoms with van der Waals surface area (Å²) in [5.74, 6) is 2.39. The number of alkyl halides is 3. The molecule has 198 valence electrons. The molecule has 0 bridgehead atoms. The summed E-state index contributed by atoms with van der Waals surface area (Å²) in [6.07, 6.45) is -0.0948. The molecule has 0 fully saturated rings. The summed E-state index contributed by atoms with van der Waals surface area (Å²) in [6, 6.07) is 8.14. The fraction of sp³-hybridized carbons (Fsp3) is 0.280. The van der Waals surface area contributed by atoms with Crippen molar-refractivity contribution in [3.05, 3.63) is 74.5 Å². The van der Waals surface area contributed by atoms with E-state index in [2.05, 4.69) is 26.5 Å². The van der Waals surface area contributed by atoms with Gasteiger partial charge in [0, 0.05) is 34.7 Å². The lowest BCUT2D eigenvalue weighted by Gasteiger charge is -2.29. The Morgan fingerprint density at radius 2 is 1.97 bits per heavy atom. The highest BCUT2D eigenvalue weighted by atomic mass is 35.5. The van der Waals surface area contributed by atoms with Gasteiger partial charge in [-0.2, -0.15) is 18.2 Å². The van der Waals surface area contributed by atoms with E-state index in [4.69, 9.17) is 39.2 Å². The first kappa shape index (κ1) is 27.4. The van der Waals surface area contributed by atoms with Crippen molar-refractivity contribution in [2.75, 3.05) is 12.4 Å². The van der Waals surface area contributed by atoms with E-state index in [1.807, 2.05) is 0 Å². The number of halogens is 5. The van der Waals surface area contributed by atoms with Crippen LogP contribution in [0.25, 0.3) is 0 Å². The normalized spacial score (nSPS) is 17.1. The molecule has 2 aromatic carbocycles. The largest absolute Gasteiger partial charge is 0.435 e. The summed E-state index contributed by atoms with van der Waals surface area (Å²) in [5.41, 5.74) is -1.87. The molecule has 1 aromatic heterocycles. The average molecular weight is 566 g/mol. The number of benzene rings is 2. The fourth-order valence-electron chi connectivity index (χ4n) is 3.99. The van der Waals surface area contributed by atoms with E-state index in [1.54, 1.807) is 13.0 Å². The van der Waals surface area contributed by atoms with Crippen molar-refractivity contribution in [2.24, 2.45) is 5.16 Å². The number of aromatic nitrogens is 3. The van der Waals surface area contributed by atoms with Gasteiger partial charge >= 0.3 is 6.18 Å². The monoisotopic (exact) mass is 565 g/mol. The number of oxime groups is 1. The molecule has 2 heterocycles. The molecule has 1 atom stereocenters. The highest BCUT2D eigenvalue weighted by Crippen LogP contribution is 2.49. The zero-order valence-electron chi connectivity index (χ0n) is 20.1. The van der Waals surface area contributed by atoms with Crippen LogP contribution in [0.1, 0.15) is 39.3 Å². The summed E-state index contributed by atoms with van der Waals surface area (Å²) in [7, 11) is 1.49. The van der Waals surface area contributed by atoms with Crippen LogP contribution in [-0.2, 0) is 28.3 Å². The minimum atomic E-state index is -4.82. The molecule has 0 aliphatic carbocycles. The fourth-order valence-corrected chi connectivity index (χ4v) is 4.51. The molecule has 38 heavy (non-hydrogen) atoms. The number of hydrogen-bond acceptors (Lipinski definition) is 6. The Morgan fingerprint density at radius 3 is 2.58 bits per heavy atom. The maximum Gasteiger partial charge on any atom is 0.435 e. The molecule has 1 amide bonds. The minimum Gasteiger partial charge on any atom is -0.377 e. The molecule has 13 heteroatoms. The van der Waals surface area contributed by atoms with Gasteiger partial charge in [0.2, 0.25) is 5.95 Å². The first-order valence-electron chi connectivity index (χ1n) is 11.0. The van der Waals surface area contributed by atoms with Gasteiger partial charge in [-0.05, 0) is 48.4 Å². The Hall–Kier alpha value is -3.59. The van der Waals surface area contributed by atoms with Crippen molar-refractivity contribution >= 4 is 40.8 Å². The van der Waals surface area contributed by atoms with Crippen LogP contribution in [0.5, 0.6) is 0 Å². The number of anilines is 1. The highest BCUT2D eigenvalue weighted by Gasteiger charge is 2.62. The number of carbonyl (C=O) groups excluding carboxylic acids is 1. The highest BCUT2D eigenvalue weighted by molar-refractivity contribution is 6.34. The smallest absolute Gasteiger partial charge is 0.377 e. The van der Waals surface area contributed by atoms with Gasteiger partial charge in [-0.1, -0.05) is 40.3 Å². The van der Waals surface area contributed by atoms with Crippen molar-refractivity contribution in [1.29, 1.82) is 0 Å². The average Bonchev–Trinajstić information content (AvgIpc) is 3.44.